The smallest absolute Gasteiger partial charge is 0.243 e. The van der Waals surface area contributed by atoms with Gasteiger partial charge in [0.15, 0.2) is 0 Å². The highest BCUT2D eigenvalue weighted by atomic mass is 32.2. The molecule has 0 spiro atoms. The lowest BCUT2D eigenvalue weighted by molar-refractivity contribution is 0.466. The lowest BCUT2D eigenvalue weighted by atomic mass is 10.2. The van der Waals surface area contributed by atoms with Crippen molar-refractivity contribution in [2.45, 2.75) is 18.0 Å². The number of hydrogen-bond donors (Lipinski definition) is 1. The molecule has 2 aromatic rings. The first-order valence-corrected chi connectivity index (χ1v) is 7.77. The number of hydrogen-bond acceptors (Lipinski definition) is 3. The molecule has 0 bridgehead atoms. The molecule has 0 amide bonds. The Morgan fingerprint density at radius 1 is 0.950 bits per heavy atom. The molecule has 0 saturated heterocycles. The van der Waals surface area contributed by atoms with E-state index >= 15 is 0 Å². The molecule has 0 aliphatic heterocycles. The van der Waals surface area contributed by atoms with Crippen LogP contribution < -0.4 is 5.73 Å². The van der Waals surface area contributed by atoms with Gasteiger partial charge in [0, 0.05) is 20.1 Å². The maximum Gasteiger partial charge on any atom is 0.243 e. The van der Waals surface area contributed by atoms with Crippen LogP contribution in [0.15, 0.2) is 59.5 Å². The van der Waals surface area contributed by atoms with Crippen molar-refractivity contribution in [2.75, 3.05) is 7.05 Å². The Morgan fingerprint density at radius 3 is 2.10 bits per heavy atom. The van der Waals surface area contributed by atoms with Crippen LogP contribution >= 0.6 is 0 Å². The predicted octanol–water partition coefficient (Wildman–Crippen LogP) is 1.97. The van der Waals surface area contributed by atoms with Crippen molar-refractivity contribution in [3.63, 3.8) is 0 Å². The molecule has 0 atom stereocenters. The topological polar surface area (TPSA) is 63.4 Å². The maximum absolute atomic E-state index is 12.4. The van der Waals surface area contributed by atoms with E-state index in [0.717, 1.165) is 11.1 Å². The van der Waals surface area contributed by atoms with E-state index in [1.807, 2.05) is 30.3 Å². The van der Waals surface area contributed by atoms with Gasteiger partial charge >= 0.3 is 0 Å². The molecule has 5 heteroatoms. The van der Waals surface area contributed by atoms with E-state index in [9.17, 15) is 8.42 Å². The lowest BCUT2D eigenvalue weighted by Crippen LogP contribution is -2.26. The highest BCUT2D eigenvalue weighted by Gasteiger charge is 2.20. The van der Waals surface area contributed by atoms with E-state index in [2.05, 4.69) is 0 Å². The van der Waals surface area contributed by atoms with E-state index in [1.165, 1.54) is 4.31 Å². The van der Waals surface area contributed by atoms with E-state index in [1.54, 1.807) is 31.3 Å². The number of nitrogens with two attached hydrogens (primary N) is 1. The molecule has 2 N–H and O–H groups in total. The van der Waals surface area contributed by atoms with Crippen molar-refractivity contribution in [3.8, 4) is 0 Å². The summed E-state index contributed by atoms with van der Waals surface area (Å²) in [6.07, 6.45) is 0. The molecule has 0 saturated carbocycles. The van der Waals surface area contributed by atoms with Gasteiger partial charge in [0.2, 0.25) is 10.0 Å². The second-order valence-corrected chi connectivity index (χ2v) is 6.64. The van der Waals surface area contributed by atoms with E-state index < -0.39 is 10.0 Å². The third-order valence-electron chi connectivity index (χ3n) is 3.12. The molecule has 2 rings (SSSR count). The van der Waals surface area contributed by atoms with Gasteiger partial charge in [-0.1, -0.05) is 42.5 Å². The summed E-state index contributed by atoms with van der Waals surface area (Å²) in [5, 5.41) is 0. The lowest BCUT2D eigenvalue weighted by Gasteiger charge is -2.17. The Morgan fingerprint density at radius 2 is 1.55 bits per heavy atom. The number of rotatable bonds is 5. The summed E-state index contributed by atoms with van der Waals surface area (Å²) >= 11 is 0. The quantitative estimate of drug-likeness (QED) is 0.915. The van der Waals surface area contributed by atoms with Crippen LogP contribution in [-0.2, 0) is 23.1 Å². The third kappa shape index (κ3) is 3.25. The molecule has 0 radical (unpaired) electrons. The molecule has 0 aliphatic carbocycles. The van der Waals surface area contributed by atoms with Crippen LogP contribution in [0.3, 0.4) is 0 Å². The van der Waals surface area contributed by atoms with Gasteiger partial charge in [0.25, 0.3) is 0 Å². The van der Waals surface area contributed by atoms with Crippen LogP contribution in [0.1, 0.15) is 11.1 Å². The van der Waals surface area contributed by atoms with E-state index in [-0.39, 0.29) is 4.90 Å². The van der Waals surface area contributed by atoms with Crippen LogP contribution in [0.2, 0.25) is 0 Å². The van der Waals surface area contributed by atoms with Gasteiger partial charge in [-0.3, -0.25) is 0 Å². The fourth-order valence-corrected chi connectivity index (χ4v) is 3.06. The zero-order valence-corrected chi connectivity index (χ0v) is 12.2. The van der Waals surface area contributed by atoms with Gasteiger partial charge in [0.1, 0.15) is 0 Å². The number of benzene rings is 2. The zero-order chi connectivity index (χ0) is 14.6. The minimum Gasteiger partial charge on any atom is -0.326 e. The van der Waals surface area contributed by atoms with Gasteiger partial charge < -0.3 is 5.73 Å². The first-order chi connectivity index (χ1) is 9.54. The Labute approximate surface area is 119 Å². The summed E-state index contributed by atoms with van der Waals surface area (Å²) in [6, 6.07) is 16.2. The van der Waals surface area contributed by atoms with Gasteiger partial charge in [-0.25, -0.2) is 8.42 Å². The molecule has 0 aromatic heterocycles. The summed E-state index contributed by atoms with van der Waals surface area (Å²) in [4.78, 5) is 0.285. The average Bonchev–Trinajstić information content (AvgIpc) is 2.48. The molecule has 106 valence electrons. The van der Waals surface area contributed by atoms with Gasteiger partial charge in [-0.05, 0) is 23.3 Å². The molecule has 20 heavy (non-hydrogen) atoms. The Balaban J connectivity index is 2.20. The fourth-order valence-electron chi connectivity index (χ4n) is 1.90. The van der Waals surface area contributed by atoms with Gasteiger partial charge in [0.05, 0.1) is 4.90 Å². The van der Waals surface area contributed by atoms with Crippen LogP contribution in [0.4, 0.5) is 0 Å². The van der Waals surface area contributed by atoms with Gasteiger partial charge in [-0.2, -0.15) is 4.31 Å². The average molecular weight is 290 g/mol. The standard InChI is InChI=1S/C15H18N2O2S/c1-17(12-14-5-3-2-4-6-14)20(18,19)15-9-7-13(11-16)8-10-15/h2-10H,11-12,16H2,1H3. The highest BCUT2D eigenvalue weighted by molar-refractivity contribution is 7.89. The monoisotopic (exact) mass is 290 g/mol. The number of sulfonamides is 1. The summed E-state index contributed by atoms with van der Waals surface area (Å²) in [6.45, 7) is 0.752. The first kappa shape index (κ1) is 14.7. The van der Waals surface area contributed by atoms with Crippen molar-refractivity contribution >= 4 is 10.0 Å². The second kappa shape index (κ2) is 6.17. The SMILES string of the molecule is CN(Cc1ccccc1)S(=O)(=O)c1ccc(CN)cc1. The van der Waals surface area contributed by atoms with E-state index in [4.69, 9.17) is 5.73 Å². The van der Waals surface area contributed by atoms with Crippen LogP contribution in [-0.4, -0.2) is 19.8 Å². The zero-order valence-electron chi connectivity index (χ0n) is 11.4. The van der Waals surface area contributed by atoms with Crippen molar-refractivity contribution in [1.82, 2.24) is 4.31 Å². The Kier molecular flexibility index (Phi) is 4.54. The minimum absolute atomic E-state index is 0.285. The predicted molar refractivity (Wildman–Crippen MR) is 79.4 cm³/mol. The normalized spacial score (nSPS) is 11.8. The van der Waals surface area contributed by atoms with Crippen LogP contribution in [0.5, 0.6) is 0 Å². The van der Waals surface area contributed by atoms with Crippen molar-refractivity contribution < 1.29 is 8.42 Å². The molecule has 4 nitrogen and oxygen atoms in total. The summed E-state index contributed by atoms with van der Waals surface area (Å²) < 4.78 is 26.2. The first-order valence-electron chi connectivity index (χ1n) is 6.33. The van der Waals surface area contributed by atoms with Crippen LogP contribution in [0.25, 0.3) is 0 Å². The second-order valence-electron chi connectivity index (χ2n) is 4.59. The van der Waals surface area contributed by atoms with Crippen molar-refractivity contribution in [3.05, 3.63) is 65.7 Å². The summed E-state index contributed by atoms with van der Waals surface area (Å²) in [5.74, 6) is 0. The molecule has 0 aliphatic rings. The maximum atomic E-state index is 12.4. The summed E-state index contributed by atoms with van der Waals surface area (Å²) in [7, 11) is -1.89. The van der Waals surface area contributed by atoms with Crippen molar-refractivity contribution in [1.29, 1.82) is 0 Å². The molecule has 0 heterocycles. The summed E-state index contributed by atoms with van der Waals surface area (Å²) in [5.41, 5.74) is 7.38. The van der Waals surface area contributed by atoms with E-state index in [0.29, 0.717) is 13.1 Å². The third-order valence-corrected chi connectivity index (χ3v) is 4.93. The highest BCUT2D eigenvalue weighted by Crippen LogP contribution is 2.17. The Bertz CT molecular complexity index is 652. The molecule has 2 aromatic carbocycles. The Hall–Kier alpha value is -1.69. The van der Waals surface area contributed by atoms with Gasteiger partial charge in [-0.15, -0.1) is 0 Å². The minimum atomic E-state index is -3.47. The molecular weight excluding hydrogens is 272 g/mol. The molecule has 0 unspecified atom stereocenters. The largest absolute Gasteiger partial charge is 0.326 e. The fraction of sp³-hybridized carbons (Fsp3) is 0.200. The van der Waals surface area contributed by atoms with Crippen molar-refractivity contribution in [2.24, 2.45) is 5.73 Å². The number of nitrogens with zero attached hydrogens (tertiary/aromatic N) is 1. The molecule has 0 fully saturated rings. The molecular formula is C15H18N2O2S. The van der Waals surface area contributed by atoms with Crippen LogP contribution in [0, 0.1) is 0 Å².